The summed E-state index contributed by atoms with van der Waals surface area (Å²) in [4.78, 5) is 12.0. The summed E-state index contributed by atoms with van der Waals surface area (Å²) in [5.74, 6) is -0.143. The highest BCUT2D eigenvalue weighted by Crippen LogP contribution is 2.26. The second-order valence-corrected chi connectivity index (χ2v) is 4.29. The molecule has 0 saturated carbocycles. The van der Waals surface area contributed by atoms with E-state index in [2.05, 4.69) is 11.4 Å². The smallest absolute Gasteiger partial charge is 0.240 e. The number of rotatable bonds is 4. The number of carbonyl (C=O) groups excluding carboxylic acids is 1. The summed E-state index contributed by atoms with van der Waals surface area (Å²) >= 11 is 0. The van der Waals surface area contributed by atoms with E-state index < -0.39 is 5.41 Å². The predicted octanol–water partition coefficient (Wildman–Crippen LogP) is 1.61. The number of nitrogens with one attached hydrogen (secondary N) is 1. The molecular weight excluding hydrogens is 204 g/mol. The van der Waals surface area contributed by atoms with Gasteiger partial charge >= 0.3 is 0 Å². The van der Waals surface area contributed by atoms with Crippen LogP contribution in [0.3, 0.4) is 0 Å². The third kappa shape index (κ3) is 2.73. The molecule has 1 N–H and O–H groups in total. The van der Waals surface area contributed by atoms with Crippen LogP contribution in [0.15, 0.2) is 0 Å². The third-order valence-corrected chi connectivity index (χ3v) is 3.35. The Morgan fingerprint density at radius 3 is 2.69 bits per heavy atom. The van der Waals surface area contributed by atoms with Crippen molar-refractivity contribution in [3.63, 3.8) is 0 Å². The van der Waals surface area contributed by atoms with Crippen LogP contribution < -0.4 is 5.32 Å². The van der Waals surface area contributed by atoms with Crippen LogP contribution in [-0.2, 0) is 9.53 Å². The van der Waals surface area contributed by atoms with E-state index in [-0.39, 0.29) is 11.9 Å². The zero-order valence-corrected chi connectivity index (χ0v) is 10.1. The predicted molar refractivity (Wildman–Crippen MR) is 60.6 cm³/mol. The van der Waals surface area contributed by atoms with Gasteiger partial charge in [-0.05, 0) is 25.7 Å². The molecule has 1 fully saturated rings. The van der Waals surface area contributed by atoms with Crippen LogP contribution in [0.4, 0.5) is 0 Å². The van der Waals surface area contributed by atoms with Gasteiger partial charge < -0.3 is 10.1 Å². The molecule has 16 heavy (non-hydrogen) atoms. The Kier molecular flexibility index (Phi) is 4.75. The molecule has 0 aromatic heterocycles. The van der Waals surface area contributed by atoms with Gasteiger partial charge in [0.15, 0.2) is 0 Å². The Labute approximate surface area is 97.0 Å². The Morgan fingerprint density at radius 2 is 2.25 bits per heavy atom. The van der Waals surface area contributed by atoms with E-state index in [0.717, 1.165) is 19.4 Å². The van der Waals surface area contributed by atoms with Crippen LogP contribution in [-0.4, -0.2) is 25.2 Å². The average Bonchev–Trinajstić information content (AvgIpc) is 2.33. The van der Waals surface area contributed by atoms with Gasteiger partial charge in [0, 0.05) is 6.61 Å². The van der Waals surface area contributed by atoms with Crippen molar-refractivity contribution in [2.24, 2.45) is 5.41 Å². The number of ether oxygens (including phenoxy) is 1. The van der Waals surface area contributed by atoms with Crippen LogP contribution in [0.1, 0.15) is 39.5 Å². The average molecular weight is 224 g/mol. The summed E-state index contributed by atoms with van der Waals surface area (Å²) in [6, 6.07) is 2.23. The monoisotopic (exact) mass is 224 g/mol. The summed E-state index contributed by atoms with van der Waals surface area (Å²) in [5, 5.41) is 12.1. The fourth-order valence-electron chi connectivity index (χ4n) is 1.96. The number of carbonyl (C=O) groups is 1. The molecule has 1 saturated heterocycles. The molecule has 1 amide bonds. The van der Waals surface area contributed by atoms with Gasteiger partial charge in [0.05, 0.1) is 18.7 Å². The molecule has 1 heterocycles. The van der Waals surface area contributed by atoms with E-state index in [9.17, 15) is 4.79 Å². The van der Waals surface area contributed by atoms with E-state index in [0.29, 0.717) is 19.4 Å². The lowest BCUT2D eigenvalue weighted by Gasteiger charge is -2.28. The van der Waals surface area contributed by atoms with Crippen LogP contribution in [0, 0.1) is 16.7 Å². The van der Waals surface area contributed by atoms with Gasteiger partial charge in [-0.3, -0.25) is 4.79 Å². The Hall–Kier alpha value is -1.08. The van der Waals surface area contributed by atoms with Crippen molar-refractivity contribution in [2.45, 2.75) is 45.6 Å². The normalized spacial score (nSPS) is 21.2. The number of nitrogens with zero attached hydrogens (tertiary/aromatic N) is 1. The first-order chi connectivity index (χ1) is 7.68. The first-order valence-electron chi connectivity index (χ1n) is 5.98. The van der Waals surface area contributed by atoms with Crippen molar-refractivity contribution >= 4 is 5.91 Å². The van der Waals surface area contributed by atoms with Gasteiger partial charge in [0.1, 0.15) is 5.41 Å². The Morgan fingerprint density at radius 1 is 1.56 bits per heavy atom. The minimum Gasteiger partial charge on any atom is -0.379 e. The fraction of sp³-hybridized carbons (Fsp3) is 0.833. The van der Waals surface area contributed by atoms with E-state index in [4.69, 9.17) is 10.00 Å². The van der Waals surface area contributed by atoms with E-state index in [1.807, 2.05) is 13.8 Å². The molecule has 4 heteroatoms. The highest BCUT2D eigenvalue weighted by Gasteiger charge is 2.36. The molecule has 1 aliphatic heterocycles. The third-order valence-electron chi connectivity index (χ3n) is 3.35. The van der Waals surface area contributed by atoms with Crippen LogP contribution >= 0.6 is 0 Å². The minimum absolute atomic E-state index is 0.0760. The van der Waals surface area contributed by atoms with Crippen molar-refractivity contribution in [3.8, 4) is 6.07 Å². The summed E-state index contributed by atoms with van der Waals surface area (Å²) in [6.45, 7) is 5.10. The second-order valence-electron chi connectivity index (χ2n) is 4.29. The number of hydrogen-bond donors (Lipinski definition) is 1. The number of nitriles is 1. The zero-order valence-electron chi connectivity index (χ0n) is 10.1. The molecule has 1 atom stereocenters. The fourth-order valence-corrected chi connectivity index (χ4v) is 1.96. The minimum atomic E-state index is -0.864. The second kappa shape index (κ2) is 5.86. The van der Waals surface area contributed by atoms with Crippen LogP contribution in [0.5, 0.6) is 0 Å². The summed E-state index contributed by atoms with van der Waals surface area (Å²) in [5.41, 5.74) is -0.864. The lowest BCUT2D eigenvalue weighted by molar-refractivity contribution is -0.130. The van der Waals surface area contributed by atoms with Gasteiger partial charge in [-0.1, -0.05) is 13.8 Å². The summed E-state index contributed by atoms with van der Waals surface area (Å²) in [7, 11) is 0. The Bertz CT molecular complexity index is 273. The molecule has 4 nitrogen and oxygen atoms in total. The molecule has 1 rings (SSSR count). The van der Waals surface area contributed by atoms with Crippen molar-refractivity contribution in [1.29, 1.82) is 5.26 Å². The van der Waals surface area contributed by atoms with Crippen LogP contribution in [0.25, 0.3) is 0 Å². The maximum absolute atomic E-state index is 12.0. The number of amides is 1. The van der Waals surface area contributed by atoms with Gasteiger partial charge in [-0.25, -0.2) is 0 Å². The lowest BCUT2D eigenvalue weighted by atomic mass is 9.82. The Balaban J connectivity index is 2.58. The standard InChI is InChI=1S/C12H20N2O2/c1-3-12(4-2,9-13)11(15)14-10-6-5-7-16-8-10/h10H,3-8H2,1-2H3,(H,14,15). The quantitative estimate of drug-likeness (QED) is 0.789. The van der Waals surface area contributed by atoms with E-state index >= 15 is 0 Å². The van der Waals surface area contributed by atoms with Gasteiger partial charge in [0.25, 0.3) is 0 Å². The van der Waals surface area contributed by atoms with Gasteiger partial charge in [0.2, 0.25) is 5.91 Å². The molecule has 0 aromatic rings. The molecule has 0 aromatic carbocycles. The number of hydrogen-bond acceptors (Lipinski definition) is 3. The maximum atomic E-state index is 12.0. The molecule has 0 bridgehead atoms. The first-order valence-corrected chi connectivity index (χ1v) is 5.98. The topological polar surface area (TPSA) is 62.1 Å². The molecule has 1 aliphatic rings. The largest absolute Gasteiger partial charge is 0.379 e. The maximum Gasteiger partial charge on any atom is 0.240 e. The summed E-state index contributed by atoms with van der Waals surface area (Å²) in [6.07, 6.45) is 3.03. The van der Waals surface area contributed by atoms with Gasteiger partial charge in [-0.15, -0.1) is 0 Å². The molecule has 0 spiro atoms. The van der Waals surface area contributed by atoms with Crippen molar-refractivity contribution in [3.05, 3.63) is 0 Å². The molecule has 0 radical (unpaired) electrons. The highest BCUT2D eigenvalue weighted by molar-refractivity contribution is 5.85. The summed E-state index contributed by atoms with van der Waals surface area (Å²) < 4.78 is 5.30. The van der Waals surface area contributed by atoms with E-state index in [1.165, 1.54) is 0 Å². The van der Waals surface area contributed by atoms with E-state index in [1.54, 1.807) is 0 Å². The first kappa shape index (κ1) is 13.0. The van der Waals surface area contributed by atoms with Gasteiger partial charge in [-0.2, -0.15) is 5.26 Å². The molecule has 90 valence electrons. The SMILES string of the molecule is CCC(C#N)(CC)C(=O)NC1CCCOC1. The molecule has 0 aliphatic carbocycles. The zero-order chi connectivity index (χ0) is 12.0. The van der Waals surface area contributed by atoms with Crippen molar-refractivity contribution in [2.75, 3.05) is 13.2 Å². The lowest BCUT2D eigenvalue weighted by Crippen LogP contribution is -2.47. The van der Waals surface area contributed by atoms with Crippen molar-refractivity contribution in [1.82, 2.24) is 5.32 Å². The van der Waals surface area contributed by atoms with Crippen LogP contribution in [0.2, 0.25) is 0 Å². The van der Waals surface area contributed by atoms with Crippen molar-refractivity contribution < 1.29 is 9.53 Å². The molecular formula is C12H20N2O2. The molecule has 1 unspecified atom stereocenters. The highest BCUT2D eigenvalue weighted by atomic mass is 16.5.